The minimum atomic E-state index is -4.32. The van der Waals surface area contributed by atoms with Gasteiger partial charge < -0.3 is 4.74 Å². The topological polar surface area (TPSA) is 27.1 Å². The Hall–Kier alpha value is -1.20. The van der Waals surface area contributed by atoms with Gasteiger partial charge in [0.2, 0.25) is 5.88 Å². The standard InChI is InChI=1S/C7H9F3N2O/c1-5-3-12(2)11-6(5)13-4-7(8,9)10/h3H,4H2,1-2H3. The Morgan fingerprint density at radius 3 is 2.54 bits per heavy atom. The van der Waals surface area contributed by atoms with Crippen LogP contribution in [-0.4, -0.2) is 22.6 Å². The zero-order valence-corrected chi connectivity index (χ0v) is 7.22. The summed E-state index contributed by atoms with van der Waals surface area (Å²) in [5.74, 6) is 0.0276. The molecule has 0 spiro atoms. The van der Waals surface area contributed by atoms with Gasteiger partial charge in [0.15, 0.2) is 6.61 Å². The van der Waals surface area contributed by atoms with Crippen molar-refractivity contribution in [3.63, 3.8) is 0 Å². The van der Waals surface area contributed by atoms with Crippen molar-refractivity contribution in [3.05, 3.63) is 11.8 Å². The second kappa shape index (κ2) is 3.27. The predicted molar refractivity (Wildman–Crippen MR) is 39.5 cm³/mol. The van der Waals surface area contributed by atoms with Gasteiger partial charge in [-0.2, -0.15) is 13.2 Å². The summed E-state index contributed by atoms with van der Waals surface area (Å²) < 4.78 is 41.0. The summed E-state index contributed by atoms with van der Waals surface area (Å²) in [5.41, 5.74) is 0.590. The van der Waals surface area contributed by atoms with E-state index in [0.717, 1.165) is 0 Å². The molecule has 6 heteroatoms. The van der Waals surface area contributed by atoms with E-state index in [2.05, 4.69) is 9.84 Å². The monoisotopic (exact) mass is 194 g/mol. The van der Waals surface area contributed by atoms with E-state index < -0.39 is 12.8 Å². The minimum Gasteiger partial charge on any atom is -0.467 e. The number of nitrogens with zero attached hydrogens (tertiary/aromatic N) is 2. The third-order valence-electron chi connectivity index (χ3n) is 1.34. The Morgan fingerprint density at radius 2 is 2.15 bits per heavy atom. The van der Waals surface area contributed by atoms with Crippen LogP contribution in [0.15, 0.2) is 6.20 Å². The molecule has 0 aliphatic heterocycles. The Bertz CT molecular complexity index is 292. The molecule has 0 radical (unpaired) electrons. The van der Waals surface area contributed by atoms with Crippen molar-refractivity contribution in [2.24, 2.45) is 7.05 Å². The molecule has 1 aromatic rings. The van der Waals surface area contributed by atoms with E-state index in [-0.39, 0.29) is 5.88 Å². The van der Waals surface area contributed by atoms with Gasteiger partial charge in [-0.25, -0.2) is 0 Å². The number of aryl methyl sites for hydroxylation is 2. The van der Waals surface area contributed by atoms with Crippen molar-refractivity contribution in [3.8, 4) is 5.88 Å². The highest BCUT2D eigenvalue weighted by atomic mass is 19.4. The van der Waals surface area contributed by atoms with Gasteiger partial charge in [-0.05, 0) is 6.92 Å². The summed E-state index contributed by atoms with van der Waals surface area (Å²) in [5, 5.41) is 3.71. The third kappa shape index (κ3) is 2.96. The van der Waals surface area contributed by atoms with Gasteiger partial charge in [0.25, 0.3) is 0 Å². The summed E-state index contributed by atoms with van der Waals surface area (Å²) in [6, 6.07) is 0. The molecule has 3 nitrogen and oxygen atoms in total. The summed E-state index contributed by atoms with van der Waals surface area (Å²) in [7, 11) is 1.62. The molecule has 0 saturated carbocycles. The molecule has 1 rings (SSSR count). The van der Waals surface area contributed by atoms with E-state index in [9.17, 15) is 13.2 Å². The summed E-state index contributed by atoms with van der Waals surface area (Å²) >= 11 is 0. The largest absolute Gasteiger partial charge is 0.467 e. The molecule has 0 unspecified atom stereocenters. The van der Waals surface area contributed by atoms with Crippen LogP contribution >= 0.6 is 0 Å². The molecule has 0 aliphatic rings. The van der Waals surface area contributed by atoms with E-state index in [4.69, 9.17) is 0 Å². The van der Waals surface area contributed by atoms with Crippen molar-refractivity contribution in [2.45, 2.75) is 13.1 Å². The zero-order valence-electron chi connectivity index (χ0n) is 7.22. The van der Waals surface area contributed by atoms with Crippen LogP contribution in [0, 0.1) is 6.92 Å². The van der Waals surface area contributed by atoms with Crippen LogP contribution in [-0.2, 0) is 7.05 Å². The summed E-state index contributed by atoms with van der Waals surface area (Å²) in [6.45, 7) is 0.337. The Balaban J connectivity index is 2.59. The van der Waals surface area contributed by atoms with E-state index in [1.807, 2.05) is 0 Å². The molecule has 0 amide bonds. The average Bonchev–Trinajstić information content (AvgIpc) is 2.24. The lowest BCUT2D eigenvalue weighted by Gasteiger charge is -2.06. The SMILES string of the molecule is Cc1cn(C)nc1OCC(F)(F)F. The van der Waals surface area contributed by atoms with Crippen molar-refractivity contribution < 1.29 is 17.9 Å². The highest BCUT2D eigenvalue weighted by molar-refractivity contribution is 5.20. The van der Waals surface area contributed by atoms with Gasteiger partial charge in [0, 0.05) is 18.8 Å². The fraction of sp³-hybridized carbons (Fsp3) is 0.571. The fourth-order valence-electron chi connectivity index (χ4n) is 0.879. The first kappa shape index (κ1) is 9.88. The molecular formula is C7H9F3N2O. The third-order valence-corrected chi connectivity index (χ3v) is 1.34. The number of halogens is 3. The van der Waals surface area contributed by atoms with Gasteiger partial charge in [0.05, 0.1) is 0 Å². The molecule has 0 atom stereocenters. The van der Waals surface area contributed by atoms with Gasteiger partial charge >= 0.3 is 6.18 Å². The lowest BCUT2D eigenvalue weighted by atomic mass is 10.4. The molecule has 74 valence electrons. The molecule has 0 N–H and O–H groups in total. The lowest BCUT2D eigenvalue weighted by Crippen LogP contribution is -2.19. The first-order valence-electron chi connectivity index (χ1n) is 3.58. The van der Waals surface area contributed by atoms with Crippen molar-refractivity contribution in [1.82, 2.24) is 9.78 Å². The molecule has 1 aromatic heterocycles. The number of rotatable bonds is 2. The Labute approximate surface area is 73.1 Å². The number of ether oxygens (including phenoxy) is 1. The quantitative estimate of drug-likeness (QED) is 0.716. The van der Waals surface area contributed by atoms with Crippen LogP contribution in [0.3, 0.4) is 0 Å². The molecule has 0 aliphatic carbocycles. The molecular weight excluding hydrogens is 185 g/mol. The van der Waals surface area contributed by atoms with Gasteiger partial charge in [0.1, 0.15) is 0 Å². The van der Waals surface area contributed by atoms with Crippen LogP contribution in [0.5, 0.6) is 5.88 Å². The molecule has 13 heavy (non-hydrogen) atoms. The smallest absolute Gasteiger partial charge is 0.422 e. The number of hydrogen-bond acceptors (Lipinski definition) is 2. The number of aromatic nitrogens is 2. The van der Waals surface area contributed by atoms with E-state index in [1.54, 1.807) is 20.2 Å². The maximum atomic E-state index is 11.7. The predicted octanol–water partition coefficient (Wildman–Crippen LogP) is 1.67. The molecule has 0 bridgehead atoms. The summed E-state index contributed by atoms with van der Waals surface area (Å²) in [6.07, 6.45) is -2.73. The van der Waals surface area contributed by atoms with E-state index in [0.29, 0.717) is 5.56 Å². The van der Waals surface area contributed by atoms with E-state index >= 15 is 0 Å². The highest BCUT2D eigenvalue weighted by Gasteiger charge is 2.29. The second-order valence-corrected chi connectivity index (χ2v) is 2.69. The second-order valence-electron chi connectivity index (χ2n) is 2.69. The molecule has 0 aromatic carbocycles. The van der Waals surface area contributed by atoms with Crippen LogP contribution in [0.4, 0.5) is 13.2 Å². The lowest BCUT2D eigenvalue weighted by molar-refractivity contribution is -0.154. The van der Waals surface area contributed by atoms with Gasteiger partial charge in [-0.3, -0.25) is 4.68 Å². The normalized spacial score (nSPS) is 11.8. The van der Waals surface area contributed by atoms with Crippen molar-refractivity contribution in [1.29, 1.82) is 0 Å². The first-order chi connectivity index (χ1) is 5.88. The maximum Gasteiger partial charge on any atom is 0.422 e. The van der Waals surface area contributed by atoms with Crippen LogP contribution in [0.25, 0.3) is 0 Å². The first-order valence-corrected chi connectivity index (χ1v) is 3.58. The Morgan fingerprint density at radius 1 is 1.54 bits per heavy atom. The maximum absolute atomic E-state index is 11.7. The molecule has 1 heterocycles. The minimum absolute atomic E-state index is 0.0276. The van der Waals surface area contributed by atoms with Crippen LogP contribution in [0.1, 0.15) is 5.56 Å². The fourth-order valence-corrected chi connectivity index (χ4v) is 0.879. The number of hydrogen-bond donors (Lipinski definition) is 0. The van der Waals surface area contributed by atoms with Crippen molar-refractivity contribution in [2.75, 3.05) is 6.61 Å². The van der Waals surface area contributed by atoms with Gasteiger partial charge in [-0.15, -0.1) is 5.10 Å². The average molecular weight is 194 g/mol. The van der Waals surface area contributed by atoms with Crippen LogP contribution in [0.2, 0.25) is 0 Å². The zero-order chi connectivity index (χ0) is 10.1. The van der Waals surface area contributed by atoms with E-state index in [1.165, 1.54) is 4.68 Å². The van der Waals surface area contributed by atoms with Crippen LogP contribution < -0.4 is 4.74 Å². The van der Waals surface area contributed by atoms with Gasteiger partial charge in [-0.1, -0.05) is 0 Å². The summed E-state index contributed by atoms with van der Waals surface area (Å²) in [4.78, 5) is 0. The highest BCUT2D eigenvalue weighted by Crippen LogP contribution is 2.19. The van der Waals surface area contributed by atoms with Crippen molar-refractivity contribution >= 4 is 0 Å². The molecule has 0 fully saturated rings. The Kier molecular flexibility index (Phi) is 2.49. The number of alkyl halides is 3. The molecule has 0 saturated heterocycles.